The maximum Gasteiger partial charge on any atom is 0.231 e. The second-order valence-corrected chi connectivity index (χ2v) is 3.44. The predicted octanol–water partition coefficient (Wildman–Crippen LogP) is 0.513. The number of benzene rings is 1. The summed E-state index contributed by atoms with van der Waals surface area (Å²) in [7, 11) is 1.64. The molecular weight excluding hydrogens is 217 g/mol. The molecule has 0 saturated heterocycles. The number of hydrogen-bond donors (Lipinski definition) is 3. The Bertz CT molecular complexity index is 410. The molecule has 5 nitrogen and oxygen atoms in total. The van der Waals surface area contributed by atoms with E-state index in [0.717, 1.165) is 0 Å². The zero-order chi connectivity index (χ0) is 11.7. The number of likely N-dealkylation sites (N-methyl/N-ethyl adjacent to an activating group) is 1. The summed E-state index contributed by atoms with van der Waals surface area (Å²) >= 11 is 0. The molecule has 0 aliphatic carbocycles. The van der Waals surface area contributed by atoms with Crippen molar-refractivity contribution in [2.75, 3.05) is 20.4 Å². The minimum atomic E-state index is -1.01. The third-order valence-electron chi connectivity index (χ3n) is 2.37. The second kappa shape index (κ2) is 4.15. The monoisotopic (exact) mass is 229 g/mol. The Balaban J connectivity index is 2.43. The minimum absolute atomic E-state index is 0.0797. The van der Waals surface area contributed by atoms with Crippen LogP contribution in [0.1, 0.15) is 11.7 Å². The van der Waals surface area contributed by atoms with Gasteiger partial charge in [0.25, 0.3) is 0 Å². The van der Waals surface area contributed by atoms with Gasteiger partial charge in [-0.3, -0.25) is 0 Å². The lowest BCUT2D eigenvalue weighted by Gasteiger charge is -2.13. The van der Waals surface area contributed by atoms with Crippen LogP contribution in [-0.4, -0.2) is 30.6 Å². The molecule has 0 aromatic heterocycles. The van der Waals surface area contributed by atoms with Gasteiger partial charge in [-0.2, -0.15) is 4.39 Å². The van der Waals surface area contributed by atoms with Gasteiger partial charge in [0.15, 0.2) is 11.5 Å². The van der Waals surface area contributed by atoms with E-state index < -0.39 is 17.7 Å². The fourth-order valence-electron chi connectivity index (χ4n) is 1.57. The summed E-state index contributed by atoms with van der Waals surface area (Å²) in [6, 6.07) is 1.38. The summed E-state index contributed by atoms with van der Waals surface area (Å²) in [5, 5.41) is 22.0. The van der Waals surface area contributed by atoms with Gasteiger partial charge in [-0.05, 0) is 13.1 Å². The predicted molar refractivity (Wildman–Crippen MR) is 53.1 cm³/mol. The number of ether oxygens (including phenoxy) is 2. The molecule has 0 bridgehead atoms. The van der Waals surface area contributed by atoms with Gasteiger partial charge in [0.1, 0.15) is 0 Å². The van der Waals surface area contributed by atoms with E-state index in [4.69, 9.17) is 9.47 Å². The molecule has 1 aliphatic rings. The molecule has 1 aromatic carbocycles. The highest BCUT2D eigenvalue weighted by atomic mass is 19.1. The Kier molecular flexibility index (Phi) is 2.84. The van der Waals surface area contributed by atoms with Crippen molar-refractivity contribution in [2.45, 2.75) is 6.10 Å². The number of fused-ring (bicyclic) bond motifs is 1. The molecule has 1 aliphatic heterocycles. The van der Waals surface area contributed by atoms with Crippen molar-refractivity contribution in [3.8, 4) is 17.2 Å². The SMILES string of the molecule is CNCC(O)c1cc2c(c(F)c1O)OCO2. The summed E-state index contributed by atoms with van der Waals surface area (Å²) in [4.78, 5) is 0. The molecule has 6 heteroatoms. The number of rotatable bonds is 3. The number of phenolic OH excluding ortho intramolecular Hbond substituents is 1. The van der Waals surface area contributed by atoms with Gasteiger partial charge in [-0.15, -0.1) is 0 Å². The first-order chi connectivity index (χ1) is 7.65. The van der Waals surface area contributed by atoms with Gasteiger partial charge in [-0.1, -0.05) is 0 Å². The highest BCUT2D eigenvalue weighted by molar-refractivity contribution is 5.53. The van der Waals surface area contributed by atoms with Crippen LogP contribution in [0.15, 0.2) is 6.07 Å². The lowest BCUT2D eigenvalue weighted by Crippen LogP contribution is -2.17. The first kappa shape index (κ1) is 11.0. The quantitative estimate of drug-likeness (QED) is 0.704. The van der Waals surface area contributed by atoms with E-state index in [0.29, 0.717) is 0 Å². The van der Waals surface area contributed by atoms with Gasteiger partial charge in [-0.25, -0.2) is 0 Å². The van der Waals surface area contributed by atoms with E-state index in [1.54, 1.807) is 7.05 Å². The normalized spacial score (nSPS) is 15.2. The Morgan fingerprint density at radius 3 is 3.00 bits per heavy atom. The molecular formula is C10H12FNO4. The van der Waals surface area contributed by atoms with E-state index in [9.17, 15) is 14.6 Å². The third-order valence-corrected chi connectivity index (χ3v) is 2.37. The van der Waals surface area contributed by atoms with Gasteiger partial charge < -0.3 is 25.0 Å². The highest BCUT2D eigenvalue weighted by Crippen LogP contribution is 2.43. The lowest BCUT2D eigenvalue weighted by molar-refractivity contribution is 0.170. The Hall–Kier alpha value is -1.53. The van der Waals surface area contributed by atoms with Crippen LogP contribution < -0.4 is 14.8 Å². The smallest absolute Gasteiger partial charge is 0.231 e. The van der Waals surface area contributed by atoms with Crippen molar-refractivity contribution >= 4 is 0 Å². The molecule has 0 fully saturated rings. The number of nitrogens with one attached hydrogen (secondary N) is 1. The lowest BCUT2D eigenvalue weighted by atomic mass is 10.1. The number of hydrogen-bond acceptors (Lipinski definition) is 5. The number of phenols is 1. The van der Waals surface area contributed by atoms with E-state index in [2.05, 4.69) is 5.32 Å². The molecule has 0 saturated carbocycles. The topological polar surface area (TPSA) is 71.0 Å². The van der Waals surface area contributed by atoms with Gasteiger partial charge in [0, 0.05) is 12.1 Å². The van der Waals surface area contributed by atoms with Crippen LogP contribution in [0.25, 0.3) is 0 Å². The maximum atomic E-state index is 13.6. The number of aromatic hydroxyl groups is 1. The summed E-state index contributed by atoms with van der Waals surface area (Å²) in [5.74, 6) is -1.43. The summed E-state index contributed by atoms with van der Waals surface area (Å²) in [5.41, 5.74) is 0.0797. The summed E-state index contributed by atoms with van der Waals surface area (Å²) < 4.78 is 23.4. The number of aliphatic hydroxyl groups is 1. The van der Waals surface area contributed by atoms with Crippen molar-refractivity contribution in [2.24, 2.45) is 0 Å². The molecule has 1 heterocycles. The zero-order valence-electron chi connectivity index (χ0n) is 8.66. The van der Waals surface area contributed by atoms with Gasteiger partial charge in [0.2, 0.25) is 18.4 Å². The van der Waals surface area contributed by atoms with Crippen molar-refractivity contribution < 1.29 is 24.1 Å². The molecule has 2 rings (SSSR count). The van der Waals surface area contributed by atoms with Crippen LogP contribution >= 0.6 is 0 Å². The Labute approximate surface area is 91.4 Å². The third kappa shape index (κ3) is 1.66. The fraction of sp³-hybridized carbons (Fsp3) is 0.400. The van der Waals surface area contributed by atoms with Crippen molar-refractivity contribution in [1.29, 1.82) is 0 Å². The van der Waals surface area contributed by atoms with Crippen LogP contribution in [0, 0.1) is 5.82 Å². The van der Waals surface area contributed by atoms with Crippen LogP contribution in [0.4, 0.5) is 4.39 Å². The Morgan fingerprint density at radius 2 is 2.31 bits per heavy atom. The summed E-state index contributed by atoms with van der Waals surface area (Å²) in [6.45, 7) is 0.115. The molecule has 3 N–H and O–H groups in total. The first-order valence-electron chi connectivity index (χ1n) is 4.78. The van der Waals surface area contributed by atoms with Crippen molar-refractivity contribution in [1.82, 2.24) is 5.32 Å². The van der Waals surface area contributed by atoms with Gasteiger partial charge in [0.05, 0.1) is 6.10 Å². The standard InChI is InChI=1S/C10H12FNO4/c1-12-3-6(13)5-2-7-10(16-4-15-7)8(11)9(5)14/h2,6,12-14H,3-4H2,1H3. The van der Waals surface area contributed by atoms with Crippen molar-refractivity contribution in [3.05, 3.63) is 17.4 Å². The molecule has 0 spiro atoms. The number of halogens is 1. The van der Waals surface area contributed by atoms with Crippen LogP contribution in [0.5, 0.6) is 17.2 Å². The summed E-state index contributed by atoms with van der Waals surface area (Å²) in [6.07, 6.45) is -1.01. The van der Waals surface area contributed by atoms with E-state index in [1.807, 2.05) is 0 Å². The minimum Gasteiger partial charge on any atom is -0.504 e. The van der Waals surface area contributed by atoms with Crippen LogP contribution in [-0.2, 0) is 0 Å². The van der Waals surface area contributed by atoms with E-state index in [1.165, 1.54) is 6.07 Å². The highest BCUT2D eigenvalue weighted by Gasteiger charge is 2.26. The fourth-order valence-corrected chi connectivity index (χ4v) is 1.57. The zero-order valence-corrected chi connectivity index (χ0v) is 8.66. The Morgan fingerprint density at radius 1 is 1.56 bits per heavy atom. The van der Waals surface area contributed by atoms with Crippen LogP contribution in [0.2, 0.25) is 0 Å². The average Bonchev–Trinajstić information content (AvgIpc) is 2.71. The molecule has 88 valence electrons. The molecule has 1 aromatic rings. The molecule has 1 unspecified atom stereocenters. The molecule has 0 amide bonds. The second-order valence-electron chi connectivity index (χ2n) is 3.44. The van der Waals surface area contributed by atoms with E-state index >= 15 is 0 Å². The molecule has 16 heavy (non-hydrogen) atoms. The maximum absolute atomic E-state index is 13.6. The van der Waals surface area contributed by atoms with E-state index in [-0.39, 0.29) is 30.4 Å². The first-order valence-corrected chi connectivity index (χ1v) is 4.78. The molecule has 0 radical (unpaired) electrons. The van der Waals surface area contributed by atoms with Crippen LogP contribution in [0.3, 0.4) is 0 Å². The number of aliphatic hydroxyl groups excluding tert-OH is 1. The largest absolute Gasteiger partial charge is 0.504 e. The molecule has 1 atom stereocenters. The average molecular weight is 229 g/mol. The van der Waals surface area contributed by atoms with Crippen molar-refractivity contribution in [3.63, 3.8) is 0 Å². The van der Waals surface area contributed by atoms with Gasteiger partial charge >= 0.3 is 0 Å².